The van der Waals surface area contributed by atoms with Gasteiger partial charge in [0.25, 0.3) is 5.78 Å². The Balaban J connectivity index is 2.91. The quantitative estimate of drug-likeness (QED) is 0.366. The van der Waals surface area contributed by atoms with Crippen LogP contribution in [0.1, 0.15) is 10.4 Å². The van der Waals surface area contributed by atoms with E-state index in [9.17, 15) is 27.2 Å². The van der Waals surface area contributed by atoms with Crippen molar-refractivity contribution in [1.82, 2.24) is 0 Å². The number of ketones is 2. The second kappa shape index (κ2) is 4.83. The first-order chi connectivity index (χ1) is 7.73. The molecular formula is C10H5ClF4O2. The molecule has 7 heteroatoms. The summed E-state index contributed by atoms with van der Waals surface area (Å²) in [6.07, 6.45) is -5.18. The van der Waals surface area contributed by atoms with E-state index in [1.165, 1.54) is 0 Å². The van der Waals surface area contributed by atoms with Crippen molar-refractivity contribution in [1.29, 1.82) is 0 Å². The summed E-state index contributed by atoms with van der Waals surface area (Å²) in [7, 11) is 0. The SMILES string of the molecule is O=C(c1ccc(F)cc1)[C@H](Cl)C(=O)C(F)(F)F. The summed E-state index contributed by atoms with van der Waals surface area (Å²) in [6.45, 7) is 0. The fourth-order valence-corrected chi connectivity index (χ4v) is 1.27. The van der Waals surface area contributed by atoms with E-state index in [2.05, 4.69) is 0 Å². The molecule has 0 fully saturated rings. The van der Waals surface area contributed by atoms with Crippen LogP contribution in [0.25, 0.3) is 0 Å². The Bertz CT molecular complexity index is 439. The summed E-state index contributed by atoms with van der Waals surface area (Å²) < 4.78 is 48.5. The van der Waals surface area contributed by atoms with E-state index in [4.69, 9.17) is 11.6 Å². The predicted octanol–water partition coefficient (Wildman–Crippen LogP) is 2.75. The second-order valence-electron chi connectivity index (χ2n) is 3.10. The van der Waals surface area contributed by atoms with Crippen LogP contribution in [-0.4, -0.2) is 23.1 Å². The summed E-state index contributed by atoms with van der Waals surface area (Å²) >= 11 is 5.13. The van der Waals surface area contributed by atoms with E-state index < -0.39 is 28.9 Å². The molecule has 0 unspecified atom stereocenters. The Morgan fingerprint density at radius 3 is 2.00 bits per heavy atom. The summed E-state index contributed by atoms with van der Waals surface area (Å²) in [4.78, 5) is 22.1. The van der Waals surface area contributed by atoms with Gasteiger partial charge in [-0.2, -0.15) is 13.2 Å². The van der Waals surface area contributed by atoms with Gasteiger partial charge in [-0.1, -0.05) is 0 Å². The lowest BCUT2D eigenvalue weighted by molar-refractivity contribution is -0.169. The largest absolute Gasteiger partial charge is 0.452 e. The minimum atomic E-state index is -5.18. The number of hydrogen-bond donors (Lipinski definition) is 0. The zero-order valence-electron chi connectivity index (χ0n) is 8.09. The third-order valence-electron chi connectivity index (χ3n) is 1.87. The van der Waals surface area contributed by atoms with E-state index in [0.29, 0.717) is 0 Å². The molecule has 1 rings (SSSR count). The van der Waals surface area contributed by atoms with Crippen molar-refractivity contribution in [2.24, 2.45) is 0 Å². The number of halogens is 5. The summed E-state index contributed by atoms with van der Waals surface area (Å²) in [5, 5.41) is -2.35. The van der Waals surface area contributed by atoms with Crippen LogP contribution >= 0.6 is 11.6 Å². The van der Waals surface area contributed by atoms with Gasteiger partial charge in [0.15, 0.2) is 11.2 Å². The average molecular weight is 269 g/mol. The highest BCUT2D eigenvalue weighted by atomic mass is 35.5. The van der Waals surface area contributed by atoms with Crippen LogP contribution in [0.4, 0.5) is 17.6 Å². The van der Waals surface area contributed by atoms with Gasteiger partial charge in [0, 0.05) is 5.56 Å². The van der Waals surface area contributed by atoms with Gasteiger partial charge in [-0.15, -0.1) is 11.6 Å². The number of hydrogen-bond acceptors (Lipinski definition) is 2. The smallest absolute Gasteiger partial charge is 0.292 e. The highest BCUT2D eigenvalue weighted by Gasteiger charge is 2.45. The van der Waals surface area contributed by atoms with Crippen molar-refractivity contribution in [3.05, 3.63) is 35.6 Å². The first-order valence-electron chi connectivity index (χ1n) is 4.28. The van der Waals surface area contributed by atoms with Crippen molar-refractivity contribution in [2.75, 3.05) is 0 Å². The van der Waals surface area contributed by atoms with Crippen molar-refractivity contribution in [2.45, 2.75) is 11.6 Å². The zero-order valence-corrected chi connectivity index (χ0v) is 8.85. The second-order valence-corrected chi connectivity index (χ2v) is 3.53. The highest BCUT2D eigenvalue weighted by Crippen LogP contribution is 2.22. The highest BCUT2D eigenvalue weighted by molar-refractivity contribution is 6.45. The molecule has 2 nitrogen and oxygen atoms in total. The number of carbonyl (C=O) groups excluding carboxylic acids is 2. The molecule has 0 aliphatic rings. The van der Waals surface area contributed by atoms with Gasteiger partial charge in [-0.3, -0.25) is 9.59 Å². The van der Waals surface area contributed by atoms with Crippen LogP contribution in [0.15, 0.2) is 24.3 Å². The fourth-order valence-electron chi connectivity index (χ4n) is 1.02. The van der Waals surface area contributed by atoms with E-state index in [1.54, 1.807) is 0 Å². The molecule has 0 heterocycles. The first kappa shape index (κ1) is 13.6. The molecule has 17 heavy (non-hydrogen) atoms. The Kier molecular flexibility index (Phi) is 3.87. The van der Waals surface area contributed by atoms with Crippen LogP contribution < -0.4 is 0 Å². The van der Waals surface area contributed by atoms with Gasteiger partial charge >= 0.3 is 6.18 Å². The third-order valence-corrected chi connectivity index (χ3v) is 2.26. The minimum absolute atomic E-state index is 0.260. The minimum Gasteiger partial charge on any atom is -0.292 e. The number of Topliss-reactive ketones (excluding diaryl/α,β-unsaturated/α-hetero) is 2. The Hall–Kier alpha value is -1.43. The van der Waals surface area contributed by atoms with Crippen molar-refractivity contribution >= 4 is 23.2 Å². The van der Waals surface area contributed by atoms with Crippen molar-refractivity contribution in [3.63, 3.8) is 0 Å². The molecule has 0 saturated heterocycles. The first-order valence-corrected chi connectivity index (χ1v) is 4.72. The van der Waals surface area contributed by atoms with Gasteiger partial charge in [0.2, 0.25) is 0 Å². The normalized spacial score (nSPS) is 13.2. The molecule has 0 amide bonds. The molecule has 0 saturated carbocycles. The van der Waals surface area contributed by atoms with E-state index in [0.717, 1.165) is 24.3 Å². The third kappa shape index (κ3) is 3.26. The molecule has 0 bridgehead atoms. The molecule has 0 N–H and O–H groups in total. The molecule has 1 atom stereocenters. The Morgan fingerprint density at radius 2 is 1.59 bits per heavy atom. The maximum Gasteiger partial charge on any atom is 0.452 e. The molecule has 0 aliphatic heterocycles. The number of benzene rings is 1. The van der Waals surface area contributed by atoms with Gasteiger partial charge < -0.3 is 0 Å². The maximum absolute atomic E-state index is 12.5. The molecule has 0 radical (unpaired) electrons. The molecular weight excluding hydrogens is 264 g/mol. The zero-order chi connectivity index (χ0) is 13.2. The standard InChI is InChI=1S/C10H5ClF4O2/c11-7(9(17)10(13,14)15)8(16)5-1-3-6(12)4-2-5/h1-4,7H/t7-/m0/s1. The number of carbonyl (C=O) groups is 2. The molecule has 92 valence electrons. The van der Waals surface area contributed by atoms with Gasteiger partial charge in [-0.05, 0) is 24.3 Å². The number of alkyl halides is 4. The monoisotopic (exact) mass is 268 g/mol. The van der Waals surface area contributed by atoms with Crippen molar-refractivity contribution in [3.8, 4) is 0 Å². The predicted molar refractivity (Wildman–Crippen MR) is 51.4 cm³/mol. The van der Waals surface area contributed by atoms with Crippen LogP contribution in [-0.2, 0) is 4.79 Å². The lowest BCUT2D eigenvalue weighted by Gasteiger charge is -2.10. The molecule has 1 aromatic rings. The number of rotatable bonds is 3. The van der Waals surface area contributed by atoms with E-state index >= 15 is 0 Å². The summed E-state index contributed by atoms with van der Waals surface area (Å²) in [5.74, 6) is -4.21. The average Bonchev–Trinajstić information content (AvgIpc) is 2.26. The van der Waals surface area contributed by atoms with Crippen LogP contribution in [0.5, 0.6) is 0 Å². The van der Waals surface area contributed by atoms with Crippen LogP contribution in [0.2, 0.25) is 0 Å². The lowest BCUT2D eigenvalue weighted by atomic mass is 10.1. The maximum atomic E-state index is 12.5. The van der Waals surface area contributed by atoms with Crippen LogP contribution in [0.3, 0.4) is 0 Å². The Labute approximate surface area is 98.2 Å². The summed E-state index contributed by atoms with van der Waals surface area (Å²) in [5.41, 5.74) is -0.260. The van der Waals surface area contributed by atoms with Gasteiger partial charge in [0.1, 0.15) is 5.82 Å². The molecule has 0 aromatic heterocycles. The van der Waals surface area contributed by atoms with Crippen molar-refractivity contribution < 1.29 is 27.2 Å². The van der Waals surface area contributed by atoms with Crippen LogP contribution in [0, 0.1) is 5.82 Å². The van der Waals surface area contributed by atoms with Gasteiger partial charge in [-0.25, -0.2) is 4.39 Å². The lowest BCUT2D eigenvalue weighted by Crippen LogP contribution is -2.36. The molecule has 0 spiro atoms. The fraction of sp³-hybridized carbons (Fsp3) is 0.200. The molecule has 1 aromatic carbocycles. The Morgan fingerprint density at radius 1 is 1.12 bits per heavy atom. The topological polar surface area (TPSA) is 34.1 Å². The van der Waals surface area contributed by atoms with E-state index in [1.807, 2.05) is 0 Å². The van der Waals surface area contributed by atoms with E-state index in [-0.39, 0.29) is 5.56 Å². The summed E-state index contributed by atoms with van der Waals surface area (Å²) in [6, 6.07) is 3.68. The molecule has 0 aliphatic carbocycles. The van der Waals surface area contributed by atoms with Gasteiger partial charge in [0.05, 0.1) is 0 Å².